The number of aromatic nitrogens is 4. The van der Waals surface area contributed by atoms with E-state index in [0.717, 1.165) is 54.2 Å². The number of β-lactam (4-membered cyclic amide) rings is 1. The van der Waals surface area contributed by atoms with Crippen LogP contribution in [0.3, 0.4) is 0 Å². The number of carbonyl (C=O) groups excluding carboxylic acids is 3. The Morgan fingerprint density at radius 3 is 2.54 bits per heavy atom. The molecule has 0 spiro atoms. The van der Waals surface area contributed by atoms with Gasteiger partial charge in [0.2, 0.25) is 22.1 Å². The number of primary amides is 1. The maximum absolute atomic E-state index is 13.7. The van der Waals surface area contributed by atoms with Crippen LogP contribution in [0.4, 0.5) is 0 Å². The lowest BCUT2D eigenvalue weighted by Crippen LogP contribution is -2.87. The van der Waals surface area contributed by atoms with E-state index in [0.29, 0.717) is 5.16 Å². The first-order valence-electron chi connectivity index (χ1n) is 9.93. The summed E-state index contributed by atoms with van der Waals surface area (Å²) in [4.78, 5) is 60.7. The fourth-order valence-electron chi connectivity index (χ4n) is 3.79. The summed E-state index contributed by atoms with van der Waals surface area (Å²) in [6, 6.07) is 0. The summed E-state index contributed by atoms with van der Waals surface area (Å²) in [6.45, 7) is 0. The molecular formula is C17H17N7O9S4. The van der Waals surface area contributed by atoms with Crippen molar-refractivity contribution in [3.63, 3.8) is 0 Å². The number of carbonyl (C=O) groups is 5. The molecular weight excluding hydrogens is 574 g/mol. The quantitative estimate of drug-likeness (QED) is 0.0378. The molecule has 2 saturated heterocycles. The number of hydrogen-bond donors (Lipinski definition) is 4. The second kappa shape index (κ2) is 9.93. The number of hydrogen-bond acceptors (Lipinski definition) is 14. The van der Waals surface area contributed by atoms with Gasteiger partial charge in [0.05, 0.1) is 4.24 Å². The third-order valence-electron chi connectivity index (χ3n) is 5.48. The molecule has 0 saturated carbocycles. The highest BCUT2D eigenvalue weighted by molar-refractivity contribution is 8.39. The number of tetrazole rings is 1. The third-order valence-corrected chi connectivity index (χ3v) is 10.9. The van der Waals surface area contributed by atoms with Crippen molar-refractivity contribution in [1.82, 2.24) is 25.5 Å². The van der Waals surface area contributed by atoms with Gasteiger partial charge >= 0.3 is 23.6 Å². The van der Waals surface area contributed by atoms with Gasteiger partial charge in [-0.25, -0.2) is 23.7 Å². The molecule has 4 rings (SSSR count). The number of nitrogens with zero attached hydrogens (tertiary/aromatic N) is 5. The number of ether oxygens (including phenoxy) is 1. The summed E-state index contributed by atoms with van der Waals surface area (Å²) in [5.41, 5.74) is 1.82. The maximum atomic E-state index is 13.7. The first kappa shape index (κ1) is 27.4. The zero-order valence-electron chi connectivity index (χ0n) is 18.8. The fourth-order valence-corrected chi connectivity index (χ4v) is 8.49. The van der Waals surface area contributed by atoms with Crippen LogP contribution in [0.15, 0.2) is 26.2 Å². The molecule has 3 aliphatic heterocycles. The standard InChI is InChI=1S/C17H17N7O9S4/c1-23-16(20-21-22-23)35-4-5-3-34-15-17(33-2,14(31)24(15,32)7(5)11(29)30)19-9(26)13-36-12(37-13)6(8(18)25)10(27)28/h13,15H,3-4H2,1-2H3,(H2,18,25)(H,19,26)(H,27,28)(H,29,30)/t13?,15-,17+,24?/m1/s1. The van der Waals surface area contributed by atoms with Crippen LogP contribution in [-0.2, 0) is 35.8 Å². The molecule has 0 bridgehead atoms. The minimum absolute atomic E-state index is 0.0175. The Morgan fingerprint density at radius 1 is 1.35 bits per heavy atom. The Morgan fingerprint density at radius 2 is 2.03 bits per heavy atom. The number of nitrogens with one attached hydrogen (secondary N) is 1. The predicted molar refractivity (Wildman–Crippen MR) is 130 cm³/mol. The lowest BCUT2D eigenvalue weighted by atomic mass is 9.97. The van der Waals surface area contributed by atoms with Gasteiger partial charge in [-0.15, -0.1) is 5.10 Å². The number of carboxylic acids is 2. The van der Waals surface area contributed by atoms with Crippen LogP contribution in [0.25, 0.3) is 0 Å². The molecule has 198 valence electrons. The van der Waals surface area contributed by atoms with E-state index in [9.17, 15) is 34.3 Å². The van der Waals surface area contributed by atoms with Gasteiger partial charge in [-0.3, -0.25) is 9.59 Å². The van der Waals surface area contributed by atoms with Crippen LogP contribution < -0.4 is 11.1 Å². The van der Waals surface area contributed by atoms with E-state index in [1.54, 1.807) is 7.05 Å². The van der Waals surface area contributed by atoms with Gasteiger partial charge in [0, 0.05) is 31.2 Å². The molecule has 1 aromatic rings. The molecule has 3 amide bonds. The van der Waals surface area contributed by atoms with Crippen molar-refractivity contribution in [2.75, 3.05) is 18.6 Å². The highest BCUT2D eigenvalue weighted by atomic mass is 32.3. The maximum Gasteiger partial charge on any atom is 0.391 e. The number of quaternary nitrogens is 1. The smallest absolute Gasteiger partial charge is 0.391 e. The molecule has 1 unspecified atom stereocenters. The van der Waals surface area contributed by atoms with E-state index in [1.807, 2.05) is 0 Å². The molecule has 5 N–H and O–H groups in total. The lowest BCUT2D eigenvalue weighted by Gasteiger charge is -2.62. The average molecular weight is 592 g/mol. The topological polar surface area (TPSA) is 240 Å². The fraction of sp³-hybridized carbons (Fsp3) is 0.412. The van der Waals surface area contributed by atoms with Crippen LogP contribution in [0, 0.1) is 5.21 Å². The van der Waals surface area contributed by atoms with Gasteiger partial charge in [0.15, 0.2) is 0 Å². The van der Waals surface area contributed by atoms with E-state index in [1.165, 1.54) is 4.68 Å². The minimum atomic E-state index is -2.11. The first-order valence-corrected chi connectivity index (χ1v) is 13.7. The normalized spacial score (nSPS) is 28.6. The lowest BCUT2D eigenvalue weighted by molar-refractivity contribution is -0.823. The van der Waals surface area contributed by atoms with Crippen LogP contribution in [0.1, 0.15) is 0 Å². The summed E-state index contributed by atoms with van der Waals surface area (Å²) in [5, 5.41) is 45.0. The molecule has 20 heteroatoms. The van der Waals surface area contributed by atoms with Gasteiger partial charge in [0.1, 0.15) is 10.2 Å². The zero-order valence-corrected chi connectivity index (χ0v) is 22.0. The Labute approximate surface area is 223 Å². The van der Waals surface area contributed by atoms with Crippen LogP contribution in [-0.4, -0.2) is 99.0 Å². The van der Waals surface area contributed by atoms with Crippen molar-refractivity contribution < 1.29 is 43.6 Å². The molecule has 0 radical (unpaired) electrons. The van der Waals surface area contributed by atoms with E-state index >= 15 is 0 Å². The second-order valence-electron chi connectivity index (χ2n) is 7.59. The van der Waals surface area contributed by atoms with Gasteiger partial charge in [-0.05, 0) is 10.4 Å². The molecule has 3 aliphatic rings. The monoisotopic (exact) mass is 591 g/mol. The molecule has 0 aliphatic carbocycles. The number of nitrogens with two attached hydrogens (primary N) is 1. The number of hydroxylamine groups is 3. The largest absolute Gasteiger partial charge is 0.618 e. The van der Waals surface area contributed by atoms with E-state index in [4.69, 9.17) is 15.6 Å². The number of thioether (sulfide) groups is 4. The Hall–Kier alpha value is -2.62. The van der Waals surface area contributed by atoms with Gasteiger partial charge < -0.3 is 31.2 Å². The summed E-state index contributed by atoms with van der Waals surface area (Å²) >= 11 is 3.53. The van der Waals surface area contributed by atoms with E-state index in [-0.39, 0.29) is 21.3 Å². The number of aryl methyl sites for hydroxylation is 1. The SMILES string of the molecule is CO[C@@]1(NC(=O)C2SC(=C(C(N)=O)C(=O)O)S2)C(=O)[N+]2([O-])C(C(=O)O)=C(CSc3nnnn3C)CS[C@H]12. The number of methoxy groups -OCH3 is 1. The van der Waals surface area contributed by atoms with Crippen molar-refractivity contribution in [3.05, 3.63) is 26.3 Å². The van der Waals surface area contributed by atoms with Crippen molar-refractivity contribution >= 4 is 76.7 Å². The van der Waals surface area contributed by atoms with Crippen molar-refractivity contribution in [2.24, 2.45) is 12.8 Å². The highest BCUT2D eigenvalue weighted by Gasteiger charge is 2.77. The van der Waals surface area contributed by atoms with E-state index in [2.05, 4.69) is 20.8 Å². The molecule has 16 nitrogen and oxygen atoms in total. The number of rotatable bonds is 9. The molecule has 1 aromatic heterocycles. The number of carboxylic acid groups (broad SMARTS) is 2. The number of amides is 3. The molecule has 37 heavy (non-hydrogen) atoms. The van der Waals surface area contributed by atoms with Gasteiger partial charge in [-0.2, -0.15) is 0 Å². The first-order chi connectivity index (χ1) is 17.4. The third kappa shape index (κ3) is 4.30. The highest BCUT2D eigenvalue weighted by Crippen LogP contribution is 2.55. The Balaban J connectivity index is 1.54. The Kier molecular flexibility index (Phi) is 7.35. The summed E-state index contributed by atoms with van der Waals surface area (Å²) in [5.74, 6) is -6.22. The minimum Gasteiger partial charge on any atom is -0.618 e. The summed E-state index contributed by atoms with van der Waals surface area (Å²) < 4.78 is 3.87. The molecule has 0 aromatic carbocycles. The van der Waals surface area contributed by atoms with Crippen LogP contribution in [0.2, 0.25) is 0 Å². The molecule has 4 heterocycles. The zero-order chi connectivity index (χ0) is 27.3. The summed E-state index contributed by atoms with van der Waals surface area (Å²) in [7, 11) is 2.69. The van der Waals surface area contributed by atoms with Gasteiger partial charge in [0.25, 0.3) is 5.91 Å². The van der Waals surface area contributed by atoms with Crippen LogP contribution >= 0.6 is 47.0 Å². The number of aliphatic carboxylic acids is 2. The number of fused-ring (bicyclic) bond motifs is 1. The summed E-state index contributed by atoms with van der Waals surface area (Å²) in [6.07, 6.45) is 0. The average Bonchev–Trinajstić information content (AvgIpc) is 3.21. The van der Waals surface area contributed by atoms with Crippen molar-refractivity contribution in [1.29, 1.82) is 0 Å². The molecule has 3 atom stereocenters. The van der Waals surface area contributed by atoms with Crippen molar-refractivity contribution in [2.45, 2.75) is 20.8 Å². The Bertz CT molecular complexity index is 1280. The second-order valence-corrected chi connectivity index (χ2v) is 12.4. The van der Waals surface area contributed by atoms with Crippen molar-refractivity contribution in [3.8, 4) is 0 Å². The van der Waals surface area contributed by atoms with Gasteiger partial charge in [-0.1, -0.05) is 47.0 Å². The molecule has 2 fully saturated rings. The van der Waals surface area contributed by atoms with E-state index < -0.39 is 61.3 Å². The van der Waals surface area contributed by atoms with Crippen LogP contribution in [0.5, 0.6) is 0 Å². The predicted octanol–water partition coefficient (Wildman–Crippen LogP) is -1.38.